The molecule has 1 fully saturated rings. The molecule has 1 saturated heterocycles. The lowest BCUT2D eigenvalue weighted by Gasteiger charge is -2.28. The number of amides is 1. The summed E-state index contributed by atoms with van der Waals surface area (Å²) >= 11 is 6.79. The van der Waals surface area contributed by atoms with Crippen LogP contribution in [0.5, 0.6) is 5.75 Å². The molecule has 0 bridgehead atoms. The van der Waals surface area contributed by atoms with E-state index in [0.717, 1.165) is 17.1 Å². The van der Waals surface area contributed by atoms with Crippen LogP contribution in [0.4, 0.5) is 5.82 Å². The number of benzene rings is 1. The molecule has 7 nitrogen and oxygen atoms in total. The lowest BCUT2D eigenvalue weighted by atomic mass is 10.0. The highest BCUT2D eigenvalue weighted by atomic mass is 32.2. The third kappa shape index (κ3) is 5.29. The minimum atomic E-state index is -0.307. The second-order valence-electron chi connectivity index (χ2n) is 8.00. The van der Waals surface area contributed by atoms with Crippen LogP contribution >= 0.6 is 24.0 Å². The monoisotopic (exact) mass is 510 g/mol. The fourth-order valence-electron chi connectivity index (χ4n) is 4.16. The quantitative estimate of drug-likeness (QED) is 0.367. The maximum atomic E-state index is 13.3. The molecule has 35 heavy (non-hydrogen) atoms. The summed E-state index contributed by atoms with van der Waals surface area (Å²) in [6, 6.07) is 9.81. The van der Waals surface area contributed by atoms with Gasteiger partial charge in [0, 0.05) is 31.7 Å². The maximum Gasteiger partial charge on any atom is 0.270 e. The predicted molar refractivity (Wildman–Crippen MR) is 146 cm³/mol. The Morgan fingerprint density at radius 2 is 1.83 bits per heavy atom. The summed E-state index contributed by atoms with van der Waals surface area (Å²) < 4.78 is 7.32. The second-order valence-corrected chi connectivity index (χ2v) is 9.68. The Bertz CT molecular complexity index is 1260. The van der Waals surface area contributed by atoms with Crippen LogP contribution in [0.25, 0.3) is 6.08 Å². The number of carbonyl (C=O) groups is 1. The predicted octanol–water partition coefficient (Wildman–Crippen LogP) is 4.35. The number of nitriles is 1. The molecule has 184 valence electrons. The molecule has 9 heteroatoms. The van der Waals surface area contributed by atoms with Crippen molar-refractivity contribution in [2.24, 2.45) is 0 Å². The number of thiocarbonyl (C=S) groups is 1. The van der Waals surface area contributed by atoms with Crippen molar-refractivity contribution >= 4 is 46.1 Å². The fourth-order valence-corrected chi connectivity index (χ4v) is 5.45. The van der Waals surface area contributed by atoms with E-state index in [1.807, 2.05) is 45.0 Å². The summed E-state index contributed by atoms with van der Waals surface area (Å²) in [5.41, 5.74) is 2.16. The van der Waals surface area contributed by atoms with Crippen molar-refractivity contribution in [2.75, 3.05) is 31.6 Å². The van der Waals surface area contributed by atoms with Crippen molar-refractivity contribution in [3.63, 3.8) is 0 Å². The summed E-state index contributed by atoms with van der Waals surface area (Å²) in [5, 5.41) is 9.69. The van der Waals surface area contributed by atoms with Crippen LogP contribution in [0.2, 0.25) is 0 Å². The highest BCUT2D eigenvalue weighted by Crippen LogP contribution is 2.36. The number of methoxy groups -OCH3 is 1. The summed E-state index contributed by atoms with van der Waals surface area (Å²) in [6.07, 6.45) is 2.45. The number of hydrogen-bond acceptors (Lipinski definition) is 7. The van der Waals surface area contributed by atoms with E-state index in [1.54, 1.807) is 29.6 Å². The summed E-state index contributed by atoms with van der Waals surface area (Å²) in [6.45, 7) is 9.94. The summed E-state index contributed by atoms with van der Waals surface area (Å²) in [5.74, 6) is 1.35. The molecule has 0 radical (unpaired) electrons. The van der Waals surface area contributed by atoms with Crippen LogP contribution < -0.4 is 15.2 Å². The molecule has 1 aliphatic heterocycles. The van der Waals surface area contributed by atoms with Gasteiger partial charge in [0.1, 0.15) is 27.5 Å². The first-order chi connectivity index (χ1) is 16.8. The van der Waals surface area contributed by atoms with Gasteiger partial charge in [0.25, 0.3) is 11.5 Å². The Morgan fingerprint density at radius 1 is 1.17 bits per heavy atom. The minimum absolute atomic E-state index is 0.101. The number of hydrogen-bond donors (Lipinski definition) is 0. The first kappa shape index (κ1) is 26.5. The molecular formula is C26H30N4O3S2. The van der Waals surface area contributed by atoms with E-state index in [0.29, 0.717) is 53.0 Å². The molecule has 3 rings (SSSR count). The Hall–Kier alpha value is -3.09. The van der Waals surface area contributed by atoms with Gasteiger partial charge >= 0.3 is 0 Å². The van der Waals surface area contributed by atoms with Crippen molar-refractivity contribution in [3.05, 3.63) is 61.8 Å². The zero-order valence-electron chi connectivity index (χ0n) is 20.8. The Labute approximate surface area is 216 Å². The van der Waals surface area contributed by atoms with Gasteiger partial charge in [-0.1, -0.05) is 36.1 Å². The van der Waals surface area contributed by atoms with Gasteiger partial charge in [-0.15, -0.1) is 0 Å². The molecule has 1 aromatic carbocycles. The SMILES string of the molecule is CCN(CC)c1c(C=C2SC(=S)N(CCc3ccc(OC)cc3)C2=O)c(C)c(C#N)c(=O)n1CC. The van der Waals surface area contributed by atoms with Gasteiger partial charge in [0.05, 0.1) is 12.0 Å². The third-order valence-electron chi connectivity index (χ3n) is 6.16. The van der Waals surface area contributed by atoms with E-state index >= 15 is 0 Å². The van der Waals surface area contributed by atoms with Crippen LogP contribution in [0.3, 0.4) is 0 Å². The van der Waals surface area contributed by atoms with E-state index in [9.17, 15) is 14.9 Å². The average molecular weight is 511 g/mol. The maximum absolute atomic E-state index is 13.3. The highest BCUT2D eigenvalue weighted by Gasteiger charge is 2.33. The molecule has 2 aromatic rings. The molecule has 0 aliphatic carbocycles. The first-order valence-electron chi connectivity index (χ1n) is 11.6. The lowest BCUT2D eigenvalue weighted by Crippen LogP contribution is -2.34. The van der Waals surface area contributed by atoms with Crippen molar-refractivity contribution in [1.29, 1.82) is 5.26 Å². The zero-order valence-corrected chi connectivity index (χ0v) is 22.4. The van der Waals surface area contributed by atoms with Gasteiger partial charge < -0.3 is 9.64 Å². The van der Waals surface area contributed by atoms with Gasteiger partial charge in [-0.05, 0) is 63.5 Å². The normalized spacial score (nSPS) is 14.5. The molecule has 0 saturated carbocycles. The van der Waals surface area contributed by atoms with Gasteiger partial charge in [-0.25, -0.2) is 0 Å². The van der Waals surface area contributed by atoms with Crippen LogP contribution in [0, 0.1) is 18.3 Å². The van der Waals surface area contributed by atoms with E-state index in [4.69, 9.17) is 17.0 Å². The number of anilines is 1. The van der Waals surface area contributed by atoms with Crippen molar-refractivity contribution in [3.8, 4) is 11.8 Å². The van der Waals surface area contributed by atoms with E-state index in [1.165, 1.54) is 11.8 Å². The average Bonchev–Trinajstić information content (AvgIpc) is 3.13. The number of carbonyl (C=O) groups excluding carboxylic acids is 1. The number of ether oxygens (including phenoxy) is 1. The highest BCUT2D eigenvalue weighted by molar-refractivity contribution is 8.26. The van der Waals surface area contributed by atoms with Crippen molar-refractivity contribution in [1.82, 2.24) is 9.47 Å². The number of pyridine rings is 1. The summed E-state index contributed by atoms with van der Waals surface area (Å²) in [4.78, 5) is 30.5. The first-order valence-corrected chi connectivity index (χ1v) is 12.8. The molecule has 0 spiro atoms. The number of nitrogens with zero attached hydrogens (tertiary/aromatic N) is 4. The van der Waals surface area contributed by atoms with E-state index < -0.39 is 0 Å². The van der Waals surface area contributed by atoms with Crippen LogP contribution in [0.1, 0.15) is 43.0 Å². The van der Waals surface area contributed by atoms with Crippen LogP contribution in [-0.2, 0) is 17.8 Å². The summed E-state index contributed by atoms with van der Waals surface area (Å²) in [7, 11) is 1.63. The van der Waals surface area contributed by atoms with Crippen molar-refractivity contribution in [2.45, 2.75) is 40.7 Å². The number of aromatic nitrogens is 1. The Balaban J connectivity index is 2.00. The standard InChI is InChI=1S/C26H30N4O3S2/c1-6-28(7-2)23-20(17(4)21(16-27)24(31)29(23)8-3)15-22-25(32)30(26(34)35-22)14-13-18-9-11-19(33-5)12-10-18/h9-12,15H,6-8,13-14H2,1-5H3. The van der Waals surface area contributed by atoms with Gasteiger partial charge in [-0.2, -0.15) is 5.26 Å². The van der Waals surface area contributed by atoms with Crippen LogP contribution in [-0.4, -0.2) is 46.4 Å². The molecule has 0 atom stereocenters. The Kier molecular flexibility index (Phi) is 8.76. The molecule has 1 amide bonds. The largest absolute Gasteiger partial charge is 0.497 e. The fraction of sp³-hybridized carbons (Fsp3) is 0.385. The minimum Gasteiger partial charge on any atom is -0.497 e. The van der Waals surface area contributed by atoms with E-state index in [-0.39, 0.29) is 17.0 Å². The van der Waals surface area contributed by atoms with Crippen molar-refractivity contribution < 1.29 is 9.53 Å². The van der Waals surface area contributed by atoms with E-state index in [2.05, 4.69) is 11.0 Å². The smallest absolute Gasteiger partial charge is 0.270 e. The molecular weight excluding hydrogens is 480 g/mol. The molecule has 0 unspecified atom stereocenters. The molecule has 1 aromatic heterocycles. The molecule has 0 N–H and O–H groups in total. The lowest BCUT2D eigenvalue weighted by molar-refractivity contribution is -0.122. The van der Waals surface area contributed by atoms with Gasteiger partial charge in [0.15, 0.2) is 0 Å². The topological polar surface area (TPSA) is 78.6 Å². The van der Waals surface area contributed by atoms with Gasteiger partial charge in [-0.3, -0.25) is 19.1 Å². The second kappa shape index (κ2) is 11.6. The zero-order chi connectivity index (χ0) is 25.7. The third-order valence-corrected chi connectivity index (χ3v) is 7.54. The molecule has 2 heterocycles. The van der Waals surface area contributed by atoms with Crippen LogP contribution in [0.15, 0.2) is 34.0 Å². The molecule has 1 aliphatic rings. The number of rotatable bonds is 9. The Morgan fingerprint density at radius 3 is 2.37 bits per heavy atom. The number of thioether (sulfide) groups is 1. The van der Waals surface area contributed by atoms with Gasteiger partial charge in [0.2, 0.25) is 0 Å².